The second kappa shape index (κ2) is 7.42. The quantitative estimate of drug-likeness (QED) is 0.887. The maximum Gasteiger partial charge on any atom is 0.0748 e. The van der Waals surface area contributed by atoms with Crippen LogP contribution in [0.5, 0.6) is 0 Å². The van der Waals surface area contributed by atoms with E-state index < -0.39 is 0 Å². The SMILES string of the molecule is CO[C@@H]1CCNC[C@@H]1NC1CCN(c2ccc3c(c2)CCC3)CC1. The number of piperidine rings is 2. The number of ether oxygens (including phenoxy) is 1. The van der Waals surface area contributed by atoms with E-state index in [2.05, 4.69) is 33.7 Å². The van der Waals surface area contributed by atoms with Gasteiger partial charge in [-0.05, 0) is 68.3 Å². The maximum atomic E-state index is 5.67. The number of anilines is 1. The molecule has 0 bridgehead atoms. The molecule has 0 radical (unpaired) electrons. The molecule has 0 saturated carbocycles. The van der Waals surface area contributed by atoms with E-state index in [0.717, 1.165) is 32.6 Å². The lowest BCUT2D eigenvalue weighted by molar-refractivity contribution is 0.0430. The summed E-state index contributed by atoms with van der Waals surface area (Å²) in [5, 5.41) is 7.35. The number of rotatable bonds is 4. The first-order valence-electron chi connectivity index (χ1n) is 9.70. The number of aryl methyl sites for hydroxylation is 2. The van der Waals surface area contributed by atoms with Crippen molar-refractivity contribution in [1.82, 2.24) is 10.6 Å². The average Bonchev–Trinajstić information content (AvgIpc) is 3.10. The average molecular weight is 329 g/mol. The van der Waals surface area contributed by atoms with Gasteiger partial charge in [0.05, 0.1) is 6.10 Å². The summed E-state index contributed by atoms with van der Waals surface area (Å²) in [7, 11) is 1.85. The summed E-state index contributed by atoms with van der Waals surface area (Å²) in [6, 6.07) is 8.23. The van der Waals surface area contributed by atoms with Crippen LogP contribution in [0.2, 0.25) is 0 Å². The van der Waals surface area contributed by atoms with Gasteiger partial charge in [0, 0.05) is 44.5 Å². The van der Waals surface area contributed by atoms with Crippen molar-refractivity contribution >= 4 is 5.69 Å². The smallest absolute Gasteiger partial charge is 0.0748 e. The Labute approximate surface area is 145 Å². The lowest BCUT2D eigenvalue weighted by atomic mass is 9.98. The van der Waals surface area contributed by atoms with E-state index >= 15 is 0 Å². The third-order valence-electron chi connectivity index (χ3n) is 6.11. The van der Waals surface area contributed by atoms with Gasteiger partial charge in [0.1, 0.15) is 0 Å². The van der Waals surface area contributed by atoms with Crippen molar-refractivity contribution in [2.24, 2.45) is 0 Å². The molecule has 0 spiro atoms. The highest BCUT2D eigenvalue weighted by atomic mass is 16.5. The number of fused-ring (bicyclic) bond motifs is 1. The molecule has 4 heteroatoms. The van der Waals surface area contributed by atoms with Gasteiger partial charge < -0.3 is 20.3 Å². The second-order valence-corrected chi connectivity index (χ2v) is 7.61. The van der Waals surface area contributed by atoms with Gasteiger partial charge in [-0.1, -0.05) is 6.07 Å². The van der Waals surface area contributed by atoms with E-state index in [0.29, 0.717) is 18.2 Å². The first-order chi connectivity index (χ1) is 11.8. The van der Waals surface area contributed by atoms with Crippen molar-refractivity contribution in [1.29, 1.82) is 0 Å². The lowest BCUT2D eigenvalue weighted by Gasteiger charge is -2.39. The molecule has 1 aliphatic carbocycles. The molecular formula is C20H31N3O. The topological polar surface area (TPSA) is 36.5 Å². The highest BCUT2D eigenvalue weighted by Gasteiger charge is 2.28. The monoisotopic (exact) mass is 329 g/mol. The van der Waals surface area contributed by atoms with Crippen molar-refractivity contribution < 1.29 is 4.74 Å². The van der Waals surface area contributed by atoms with Crippen LogP contribution in [0, 0.1) is 0 Å². The van der Waals surface area contributed by atoms with Crippen molar-refractivity contribution in [2.45, 2.75) is 56.7 Å². The van der Waals surface area contributed by atoms with Gasteiger partial charge in [-0.25, -0.2) is 0 Å². The van der Waals surface area contributed by atoms with Gasteiger partial charge in [-0.3, -0.25) is 0 Å². The fraction of sp³-hybridized carbons (Fsp3) is 0.700. The van der Waals surface area contributed by atoms with Crippen molar-refractivity contribution in [3.63, 3.8) is 0 Å². The van der Waals surface area contributed by atoms with Crippen LogP contribution >= 0.6 is 0 Å². The highest BCUT2D eigenvalue weighted by Crippen LogP contribution is 2.28. The molecule has 2 saturated heterocycles. The van der Waals surface area contributed by atoms with Crippen LogP contribution in [0.1, 0.15) is 36.8 Å². The number of nitrogens with one attached hydrogen (secondary N) is 2. The molecule has 0 aromatic heterocycles. The predicted molar refractivity (Wildman–Crippen MR) is 98.9 cm³/mol. The zero-order valence-electron chi connectivity index (χ0n) is 14.9. The molecule has 24 heavy (non-hydrogen) atoms. The molecule has 0 unspecified atom stereocenters. The Morgan fingerprint density at radius 2 is 1.96 bits per heavy atom. The standard InChI is InChI=1S/C20H31N3O/c1-24-20-7-10-21-14-19(20)22-17-8-11-23(12-9-17)18-6-5-15-3-2-4-16(15)13-18/h5-6,13,17,19-22H,2-4,7-12,14H2,1H3/t19-,20+/m0/s1. The van der Waals surface area contributed by atoms with E-state index in [4.69, 9.17) is 4.74 Å². The van der Waals surface area contributed by atoms with E-state index in [1.54, 1.807) is 11.1 Å². The summed E-state index contributed by atoms with van der Waals surface area (Å²) in [6.07, 6.45) is 7.81. The largest absolute Gasteiger partial charge is 0.380 e. The summed E-state index contributed by atoms with van der Waals surface area (Å²) >= 11 is 0. The predicted octanol–water partition coefficient (Wildman–Crippen LogP) is 2.11. The molecule has 4 nitrogen and oxygen atoms in total. The zero-order valence-corrected chi connectivity index (χ0v) is 14.9. The molecule has 2 N–H and O–H groups in total. The van der Waals surface area contributed by atoms with Gasteiger partial charge in [-0.2, -0.15) is 0 Å². The molecule has 132 valence electrons. The fourth-order valence-corrected chi connectivity index (χ4v) is 4.64. The molecule has 1 aromatic rings. The van der Waals surface area contributed by atoms with Crippen LogP contribution in [0.25, 0.3) is 0 Å². The van der Waals surface area contributed by atoms with Gasteiger partial charge >= 0.3 is 0 Å². The number of hydrogen-bond acceptors (Lipinski definition) is 4. The van der Waals surface area contributed by atoms with Crippen molar-refractivity contribution in [3.8, 4) is 0 Å². The van der Waals surface area contributed by atoms with Gasteiger partial charge in [0.2, 0.25) is 0 Å². The summed E-state index contributed by atoms with van der Waals surface area (Å²) in [6.45, 7) is 4.43. The molecule has 1 aromatic carbocycles. The lowest BCUT2D eigenvalue weighted by Crippen LogP contribution is -2.57. The van der Waals surface area contributed by atoms with Crippen LogP contribution in [0.15, 0.2) is 18.2 Å². The van der Waals surface area contributed by atoms with Gasteiger partial charge in [0.15, 0.2) is 0 Å². The van der Waals surface area contributed by atoms with E-state index in [-0.39, 0.29) is 0 Å². The van der Waals surface area contributed by atoms with Crippen LogP contribution in [0.3, 0.4) is 0 Å². The zero-order chi connectivity index (χ0) is 16.4. The van der Waals surface area contributed by atoms with Crippen LogP contribution in [-0.2, 0) is 17.6 Å². The second-order valence-electron chi connectivity index (χ2n) is 7.61. The minimum atomic E-state index is 0.362. The Bertz CT molecular complexity index is 554. The summed E-state index contributed by atoms with van der Waals surface area (Å²) < 4.78 is 5.67. The van der Waals surface area contributed by atoms with Crippen LogP contribution in [0.4, 0.5) is 5.69 Å². The van der Waals surface area contributed by atoms with Gasteiger partial charge in [-0.15, -0.1) is 0 Å². The fourth-order valence-electron chi connectivity index (χ4n) is 4.64. The minimum absolute atomic E-state index is 0.362. The molecule has 2 atom stereocenters. The third-order valence-corrected chi connectivity index (χ3v) is 6.11. The molecule has 4 rings (SSSR count). The van der Waals surface area contributed by atoms with Crippen molar-refractivity contribution in [3.05, 3.63) is 29.3 Å². The van der Waals surface area contributed by atoms with E-state index in [9.17, 15) is 0 Å². The van der Waals surface area contributed by atoms with Crippen LogP contribution < -0.4 is 15.5 Å². The summed E-state index contributed by atoms with van der Waals surface area (Å²) in [4.78, 5) is 2.57. The Hall–Kier alpha value is -1.10. The summed E-state index contributed by atoms with van der Waals surface area (Å²) in [5.41, 5.74) is 4.60. The minimum Gasteiger partial charge on any atom is -0.380 e. The number of nitrogens with zero attached hydrogens (tertiary/aromatic N) is 1. The molecule has 2 heterocycles. The molecule has 2 fully saturated rings. The summed E-state index contributed by atoms with van der Waals surface area (Å²) in [5.74, 6) is 0. The van der Waals surface area contributed by atoms with Crippen LogP contribution in [-0.4, -0.2) is 51.5 Å². The Balaban J connectivity index is 1.32. The Kier molecular flexibility index (Phi) is 5.06. The molecule has 2 aliphatic heterocycles. The van der Waals surface area contributed by atoms with E-state index in [1.165, 1.54) is 37.8 Å². The number of methoxy groups -OCH3 is 1. The Morgan fingerprint density at radius 1 is 1.12 bits per heavy atom. The van der Waals surface area contributed by atoms with Gasteiger partial charge in [0.25, 0.3) is 0 Å². The molecule has 0 amide bonds. The van der Waals surface area contributed by atoms with Crippen molar-refractivity contribution in [2.75, 3.05) is 38.2 Å². The highest BCUT2D eigenvalue weighted by molar-refractivity contribution is 5.52. The first kappa shape index (κ1) is 16.4. The Morgan fingerprint density at radius 3 is 2.79 bits per heavy atom. The molecular weight excluding hydrogens is 298 g/mol. The maximum absolute atomic E-state index is 5.67. The number of benzene rings is 1. The van der Waals surface area contributed by atoms with E-state index in [1.807, 2.05) is 7.11 Å². The molecule has 3 aliphatic rings. The third kappa shape index (κ3) is 3.46. The normalized spacial score (nSPS) is 28.1. The first-order valence-corrected chi connectivity index (χ1v) is 9.70. The number of hydrogen-bond donors (Lipinski definition) is 2.